The quantitative estimate of drug-likeness (QED) is 0.218. The third-order valence-corrected chi connectivity index (χ3v) is 5.42. The number of unbranched alkanes of at least 4 members (excludes halogenated alkanes) is 5. The number of amides is 1. The van der Waals surface area contributed by atoms with Crippen molar-refractivity contribution >= 4 is 23.1 Å². The van der Waals surface area contributed by atoms with Gasteiger partial charge in [0.15, 0.2) is 0 Å². The lowest BCUT2D eigenvalue weighted by molar-refractivity contribution is -0.119. The zero-order valence-corrected chi connectivity index (χ0v) is 21.0. The van der Waals surface area contributed by atoms with Gasteiger partial charge in [-0.15, -0.1) is 0 Å². The van der Waals surface area contributed by atoms with Gasteiger partial charge in [-0.1, -0.05) is 84.4 Å². The zero-order valence-electron chi connectivity index (χ0n) is 21.0. The summed E-state index contributed by atoms with van der Waals surface area (Å²) in [6, 6.07) is 6.64. The van der Waals surface area contributed by atoms with E-state index in [1.165, 1.54) is 38.5 Å². The molecule has 0 saturated heterocycles. The number of carbonyl (C=O) groups excluding carboxylic acids is 1. The van der Waals surface area contributed by atoms with Crippen molar-refractivity contribution in [2.45, 2.75) is 91.4 Å². The van der Waals surface area contributed by atoms with E-state index in [1.54, 1.807) is 24.3 Å². The van der Waals surface area contributed by atoms with Crippen LogP contribution in [0.25, 0.3) is 0 Å². The maximum Gasteiger partial charge on any atom is 0.252 e. The van der Waals surface area contributed by atoms with Gasteiger partial charge in [0.25, 0.3) is 5.92 Å². The molecule has 1 aliphatic heterocycles. The maximum atomic E-state index is 14.1. The molecule has 0 spiro atoms. The second-order valence-corrected chi connectivity index (χ2v) is 8.12. The van der Waals surface area contributed by atoms with Crippen LogP contribution in [0.1, 0.15) is 102 Å². The number of fused-ring (bicyclic) bond motifs is 1. The molecule has 0 radical (unpaired) electrons. The third kappa shape index (κ3) is 8.15. The van der Waals surface area contributed by atoms with Crippen LogP contribution in [0, 0.1) is 5.41 Å². The van der Waals surface area contributed by atoms with Crippen LogP contribution in [0.3, 0.4) is 0 Å². The van der Waals surface area contributed by atoms with E-state index < -0.39 is 24.2 Å². The van der Waals surface area contributed by atoms with Crippen LogP contribution in [0.5, 0.6) is 0 Å². The fourth-order valence-electron chi connectivity index (χ4n) is 3.63. The lowest BCUT2D eigenvalue weighted by atomic mass is 9.84. The Morgan fingerprint density at radius 1 is 1.12 bits per heavy atom. The van der Waals surface area contributed by atoms with Gasteiger partial charge in [-0.25, -0.2) is 18.7 Å². The summed E-state index contributed by atoms with van der Waals surface area (Å²) in [5.74, 6) is -5.08. The number of carbonyl (C=O) groups is 1. The van der Waals surface area contributed by atoms with E-state index in [-0.39, 0.29) is 22.8 Å². The van der Waals surface area contributed by atoms with Crippen LogP contribution in [-0.4, -0.2) is 27.5 Å². The summed E-state index contributed by atoms with van der Waals surface area (Å²) < 4.78 is 28.1. The number of benzene rings is 1. The number of nitrogen functional groups attached to an aromatic ring is 1. The van der Waals surface area contributed by atoms with Gasteiger partial charge in [0.05, 0.1) is 17.3 Å². The number of aromatic nitrogens is 2. The first kappa shape index (κ1) is 29.1. The standard InChI is InChI=1S/C16H15F2N5O.C8H18.C2H6/c1-16(17,18)9-6-11(24)23-15-12(9)14(21-7-22-15)13(20)8-4-2-3-5-10(8)19;1-3-5-7-8-6-4-2;1-2/h2-5,7,9,20H,6,19H2,1H3,(H,21,22,23,24);3-8H2,1-2H3;1-2H3. The Balaban J connectivity index is 0.000000493. The van der Waals surface area contributed by atoms with Gasteiger partial charge in [0.2, 0.25) is 5.91 Å². The Labute approximate surface area is 202 Å². The van der Waals surface area contributed by atoms with E-state index in [9.17, 15) is 13.6 Å². The molecule has 2 aromatic rings. The fraction of sp³-hybridized carbons (Fsp3) is 0.538. The van der Waals surface area contributed by atoms with Crippen LogP contribution in [0.15, 0.2) is 30.6 Å². The van der Waals surface area contributed by atoms with Crippen molar-refractivity contribution in [3.63, 3.8) is 0 Å². The smallest absolute Gasteiger partial charge is 0.252 e. The predicted molar refractivity (Wildman–Crippen MR) is 136 cm³/mol. The van der Waals surface area contributed by atoms with E-state index in [0.717, 1.165) is 13.3 Å². The molecule has 0 bridgehead atoms. The Morgan fingerprint density at radius 3 is 2.24 bits per heavy atom. The largest absolute Gasteiger partial charge is 0.398 e. The molecule has 3 rings (SSSR count). The SMILES string of the molecule is CC.CC(F)(F)C1CC(=O)Nc2ncnc(C(=N)c3ccccc3N)c21.CCCCCCCC. The Kier molecular flexibility index (Phi) is 12.3. The number of hydrogen-bond acceptors (Lipinski definition) is 5. The molecule has 4 N–H and O–H groups in total. The summed E-state index contributed by atoms with van der Waals surface area (Å²) >= 11 is 0. The van der Waals surface area contributed by atoms with Crippen LogP contribution in [0.4, 0.5) is 20.3 Å². The number of anilines is 2. The number of rotatable bonds is 8. The van der Waals surface area contributed by atoms with Crippen LogP contribution < -0.4 is 11.1 Å². The van der Waals surface area contributed by atoms with Crippen LogP contribution in [0.2, 0.25) is 0 Å². The highest BCUT2D eigenvalue weighted by Gasteiger charge is 2.43. The normalized spacial score (nSPS) is 14.6. The highest BCUT2D eigenvalue weighted by Crippen LogP contribution is 2.43. The molecule has 34 heavy (non-hydrogen) atoms. The number of nitrogens with two attached hydrogens (primary N) is 1. The third-order valence-electron chi connectivity index (χ3n) is 5.42. The minimum Gasteiger partial charge on any atom is -0.398 e. The number of alkyl halides is 2. The fourth-order valence-corrected chi connectivity index (χ4v) is 3.63. The molecule has 1 atom stereocenters. The number of nitrogens with zero attached hydrogens (tertiary/aromatic N) is 2. The van der Waals surface area contributed by atoms with E-state index in [0.29, 0.717) is 11.3 Å². The molecule has 1 aromatic heterocycles. The second-order valence-electron chi connectivity index (χ2n) is 8.12. The zero-order chi connectivity index (χ0) is 25.7. The highest BCUT2D eigenvalue weighted by molar-refractivity contribution is 6.14. The van der Waals surface area contributed by atoms with Crippen molar-refractivity contribution in [2.75, 3.05) is 11.1 Å². The average Bonchev–Trinajstić information content (AvgIpc) is 2.82. The number of hydrogen-bond donors (Lipinski definition) is 3. The molecule has 1 amide bonds. The van der Waals surface area contributed by atoms with Crippen LogP contribution in [-0.2, 0) is 4.79 Å². The van der Waals surface area contributed by atoms with Crippen molar-refractivity contribution in [1.29, 1.82) is 5.41 Å². The molecule has 8 heteroatoms. The average molecular weight is 476 g/mol. The lowest BCUT2D eigenvalue weighted by Crippen LogP contribution is -2.34. The molecule has 0 saturated carbocycles. The highest BCUT2D eigenvalue weighted by atomic mass is 19.3. The molecular formula is C26H39F2N5O. The van der Waals surface area contributed by atoms with Gasteiger partial charge in [0, 0.05) is 23.2 Å². The van der Waals surface area contributed by atoms with Crippen molar-refractivity contribution < 1.29 is 13.6 Å². The summed E-state index contributed by atoms with van der Waals surface area (Å²) in [4.78, 5) is 19.6. The monoisotopic (exact) mass is 475 g/mol. The second kappa shape index (κ2) is 14.4. The summed E-state index contributed by atoms with van der Waals surface area (Å²) in [6.45, 7) is 9.26. The molecule has 2 heterocycles. The van der Waals surface area contributed by atoms with Crippen molar-refractivity contribution in [1.82, 2.24) is 9.97 Å². The minimum absolute atomic E-state index is 0.0158. The van der Waals surface area contributed by atoms with E-state index >= 15 is 0 Å². The molecule has 0 fully saturated rings. The first-order valence-electron chi connectivity index (χ1n) is 12.2. The lowest BCUT2D eigenvalue weighted by Gasteiger charge is -2.30. The first-order valence-corrected chi connectivity index (χ1v) is 12.2. The maximum absolute atomic E-state index is 14.1. The van der Waals surface area contributed by atoms with Crippen LogP contribution >= 0.6 is 0 Å². The summed E-state index contributed by atoms with van der Waals surface area (Å²) in [5.41, 5.74) is 6.63. The van der Waals surface area contributed by atoms with Gasteiger partial charge in [-0.3, -0.25) is 10.2 Å². The number of para-hydroxylation sites is 1. The summed E-state index contributed by atoms with van der Waals surface area (Å²) in [5, 5.41) is 10.8. The van der Waals surface area contributed by atoms with Gasteiger partial charge in [-0.2, -0.15) is 0 Å². The first-order chi connectivity index (χ1) is 16.2. The van der Waals surface area contributed by atoms with E-state index in [4.69, 9.17) is 11.1 Å². The Bertz CT molecular complexity index is 922. The van der Waals surface area contributed by atoms with Gasteiger partial charge >= 0.3 is 0 Å². The number of nitrogens with one attached hydrogen (secondary N) is 2. The Morgan fingerprint density at radius 2 is 1.71 bits per heavy atom. The van der Waals surface area contributed by atoms with E-state index in [1.807, 2.05) is 13.8 Å². The topological polar surface area (TPSA) is 105 Å². The van der Waals surface area contributed by atoms with E-state index in [2.05, 4.69) is 29.1 Å². The van der Waals surface area contributed by atoms with Gasteiger partial charge in [0.1, 0.15) is 12.1 Å². The molecule has 1 aliphatic rings. The predicted octanol–water partition coefficient (Wildman–Crippen LogP) is 6.95. The summed E-state index contributed by atoms with van der Waals surface area (Å²) in [6.07, 6.45) is 9.23. The van der Waals surface area contributed by atoms with Crippen molar-refractivity contribution in [3.8, 4) is 0 Å². The molecule has 1 aromatic carbocycles. The van der Waals surface area contributed by atoms with Gasteiger partial charge < -0.3 is 11.1 Å². The molecule has 0 aliphatic carbocycles. The Hall–Kier alpha value is -2.90. The molecule has 1 unspecified atom stereocenters. The summed E-state index contributed by atoms with van der Waals surface area (Å²) in [7, 11) is 0. The molecule has 6 nitrogen and oxygen atoms in total. The molecular weight excluding hydrogens is 436 g/mol. The minimum atomic E-state index is -3.16. The van der Waals surface area contributed by atoms with Gasteiger partial charge in [-0.05, 0) is 13.0 Å². The molecule has 188 valence electrons. The van der Waals surface area contributed by atoms with Crippen molar-refractivity contribution in [2.24, 2.45) is 0 Å². The number of halogens is 2. The van der Waals surface area contributed by atoms with Crippen molar-refractivity contribution in [3.05, 3.63) is 47.4 Å².